The van der Waals surface area contributed by atoms with Crippen LogP contribution in [0, 0.1) is 0 Å². The Hall–Kier alpha value is -3.02. The van der Waals surface area contributed by atoms with Crippen molar-refractivity contribution in [2.45, 2.75) is 26.9 Å². The second-order valence-corrected chi connectivity index (χ2v) is 5.84. The summed E-state index contributed by atoms with van der Waals surface area (Å²) in [7, 11) is 3.09. The highest BCUT2D eigenvalue weighted by atomic mass is 16.5. The predicted octanol–water partition coefficient (Wildman–Crippen LogP) is 3.59. The lowest BCUT2D eigenvalue weighted by Crippen LogP contribution is -2.10. The van der Waals surface area contributed by atoms with E-state index in [0.717, 1.165) is 5.56 Å². The number of esters is 1. The van der Waals surface area contributed by atoms with Crippen molar-refractivity contribution in [2.75, 3.05) is 20.8 Å². The zero-order valence-corrected chi connectivity index (χ0v) is 16.0. The molecule has 0 N–H and O–H groups in total. The fourth-order valence-electron chi connectivity index (χ4n) is 2.57. The molecule has 0 atom stereocenters. The predicted molar refractivity (Wildman–Crippen MR) is 101 cm³/mol. The summed E-state index contributed by atoms with van der Waals surface area (Å²) in [6.45, 7) is 3.86. The number of hydrogen-bond acceptors (Lipinski definition) is 6. The summed E-state index contributed by atoms with van der Waals surface area (Å²) in [6, 6.07) is 10.4. The topological polar surface area (TPSA) is 71.1 Å². The van der Waals surface area contributed by atoms with Crippen molar-refractivity contribution in [3.05, 3.63) is 53.1 Å². The number of carbonyl (C=O) groups excluding carboxylic acids is 2. The molecule has 2 aromatic rings. The molecule has 27 heavy (non-hydrogen) atoms. The Labute approximate surface area is 159 Å². The van der Waals surface area contributed by atoms with Crippen molar-refractivity contribution in [1.29, 1.82) is 0 Å². The normalized spacial score (nSPS) is 10.2. The van der Waals surface area contributed by atoms with Crippen molar-refractivity contribution in [3.8, 4) is 17.2 Å². The molecule has 2 aromatic carbocycles. The Kier molecular flexibility index (Phi) is 7.23. The van der Waals surface area contributed by atoms with E-state index in [4.69, 9.17) is 18.9 Å². The molecule has 0 aliphatic rings. The van der Waals surface area contributed by atoms with Gasteiger partial charge in [-0.1, -0.05) is 6.07 Å². The van der Waals surface area contributed by atoms with Crippen LogP contribution in [0.3, 0.4) is 0 Å². The van der Waals surface area contributed by atoms with Gasteiger partial charge in [-0.05, 0) is 49.7 Å². The molecule has 0 aromatic heterocycles. The molecule has 6 nitrogen and oxygen atoms in total. The van der Waals surface area contributed by atoms with Crippen molar-refractivity contribution in [1.82, 2.24) is 0 Å². The standard InChI is InChI=1S/C21H24O6/c1-5-26-18-9-7-16(14(2)22)12-17(18)13-27-21(23)11-15-6-8-19(24-3)20(10-15)25-4/h6-10,12H,5,11,13H2,1-4H3. The van der Waals surface area contributed by atoms with Crippen LogP contribution in [-0.2, 0) is 22.6 Å². The van der Waals surface area contributed by atoms with E-state index in [2.05, 4.69) is 0 Å². The number of benzene rings is 2. The van der Waals surface area contributed by atoms with Crippen LogP contribution in [0.25, 0.3) is 0 Å². The Bertz CT molecular complexity index is 812. The Morgan fingerprint density at radius 3 is 2.26 bits per heavy atom. The molecule has 0 saturated carbocycles. The average molecular weight is 372 g/mol. The summed E-state index contributed by atoms with van der Waals surface area (Å²) < 4.78 is 21.4. The Morgan fingerprint density at radius 2 is 1.63 bits per heavy atom. The van der Waals surface area contributed by atoms with Crippen LogP contribution < -0.4 is 14.2 Å². The molecule has 0 amide bonds. The van der Waals surface area contributed by atoms with Crippen LogP contribution in [0.15, 0.2) is 36.4 Å². The molecule has 0 fully saturated rings. The molecule has 0 saturated heterocycles. The zero-order valence-electron chi connectivity index (χ0n) is 16.0. The minimum Gasteiger partial charge on any atom is -0.493 e. The summed E-state index contributed by atoms with van der Waals surface area (Å²) in [5.74, 6) is 1.29. The first kappa shape index (κ1) is 20.3. The fourth-order valence-corrected chi connectivity index (χ4v) is 2.57. The van der Waals surface area contributed by atoms with E-state index < -0.39 is 5.97 Å². The van der Waals surface area contributed by atoms with E-state index in [-0.39, 0.29) is 18.8 Å². The summed E-state index contributed by atoms with van der Waals surface area (Å²) in [5.41, 5.74) is 1.95. The van der Waals surface area contributed by atoms with Gasteiger partial charge in [-0.15, -0.1) is 0 Å². The third kappa shape index (κ3) is 5.48. The van der Waals surface area contributed by atoms with Gasteiger partial charge in [-0.2, -0.15) is 0 Å². The van der Waals surface area contributed by atoms with Crippen LogP contribution in [0.2, 0.25) is 0 Å². The van der Waals surface area contributed by atoms with Gasteiger partial charge >= 0.3 is 5.97 Å². The van der Waals surface area contributed by atoms with E-state index in [1.165, 1.54) is 14.0 Å². The minimum atomic E-state index is -0.391. The Morgan fingerprint density at radius 1 is 0.926 bits per heavy atom. The third-order valence-corrected chi connectivity index (χ3v) is 3.95. The lowest BCUT2D eigenvalue weighted by atomic mass is 10.1. The molecule has 2 rings (SSSR count). The molecule has 0 unspecified atom stereocenters. The number of Topliss-reactive ketones (excluding diaryl/α,β-unsaturated/α-hetero) is 1. The second kappa shape index (κ2) is 9.62. The van der Waals surface area contributed by atoms with Crippen LogP contribution in [-0.4, -0.2) is 32.6 Å². The van der Waals surface area contributed by atoms with Crippen LogP contribution in [0.1, 0.15) is 35.3 Å². The highest BCUT2D eigenvalue weighted by molar-refractivity contribution is 5.94. The minimum absolute atomic E-state index is 0.0303. The SMILES string of the molecule is CCOc1ccc(C(C)=O)cc1COC(=O)Cc1ccc(OC)c(OC)c1. The molecule has 0 aliphatic heterocycles. The summed E-state index contributed by atoms with van der Waals surface area (Å²) in [5, 5.41) is 0. The first-order valence-electron chi connectivity index (χ1n) is 8.61. The molecular formula is C21H24O6. The monoisotopic (exact) mass is 372 g/mol. The molecule has 0 aliphatic carbocycles. The van der Waals surface area contributed by atoms with Crippen molar-refractivity contribution >= 4 is 11.8 Å². The van der Waals surface area contributed by atoms with Gasteiger partial charge in [-0.25, -0.2) is 0 Å². The van der Waals surface area contributed by atoms with E-state index in [1.54, 1.807) is 43.5 Å². The first-order chi connectivity index (χ1) is 13.0. The lowest BCUT2D eigenvalue weighted by Gasteiger charge is -2.12. The van der Waals surface area contributed by atoms with E-state index in [1.807, 2.05) is 6.92 Å². The number of ketones is 1. The van der Waals surface area contributed by atoms with E-state index in [9.17, 15) is 9.59 Å². The lowest BCUT2D eigenvalue weighted by molar-refractivity contribution is -0.144. The summed E-state index contributed by atoms with van der Waals surface area (Å²) in [4.78, 5) is 23.8. The van der Waals surface area contributed by atoms with Crippen molar-refractivity contribution in [3.63, 3.8) is 0 Å². The Balaban J connectivity index is 2.06. The molecular weight excluding hydrogens is 348 g/mol. The van der Waals surface area contributed by atoms with Crippen molar-refractivity contribution < 1.29 is 28.5 Å². The molecule has 0 bridgehead atoms. The smallest absolute Gasteiger partial charge is 0.310 e. The summed E-state index contributed by atoms with van der Waals surface area (Å²) >= 11 is 0. The maximum Gasteiger partial charge on any atom is 0.310 e. The average Bonchev–Trinajstić information content (AvgIpc) is 2.67. The molecule has 6 heteroatoms. The first-order valence-corrected chi connectivity index (χ1v) is 8.61. The van der Waals surface area contributed by atoms with Crippen LogP contribution >= 0.6 is 0 Å². The number of ether oxygens (including phenoxy) is 4. The van der Waals surface area contributed by atoms with Gasteiger partial charge in [0.15, 0.2) is 17.3 Å². The van der Waals surface area contributed by atoms with Gasteiger partial charge in [0, 0.05) is 11.1 Å². The van der Waals surface area contributed by atoms with Gasteiger partial charge in [0.25, 0.3) is 0 Å². The van der Waals surface area contributed by atoms with E-state index in [0.29, 0.717) is 35.0 Å². The second-order valence-electron chi connectivity index (χ2n) is 5.84. The summed E-state index contributed by atoms with van der Waals surface area (Å²) in [6.07, 6.45) is 0.0940. The maximum absolute atomic E-state index is 12.2. The highest BCUT2D eigenvalue weighted by Crippen LogP contribution is 2.28. The van der Waals surface area contributed by atoms with Crippen molar-refractivity contribution in [2.24, 2.45) is 0 Å². The van der Waals surface area contributed by atoms with Crippen LogP contribution in [0.5, 0.6) is 17.2 Å². The number of carbonyl (C=O) groups is 2. The fraction of sp³-hybridized carbons (Fsp3) is 0.333. The molecule has 144 valence electrons. The van der Waals surface area contributed by atoms with Gasteiger partial charge in [-0.3, -0.25) is 9.59 Å². The molecule has 0 radical (unpaired) electrons. The van der Waals surface area contributed by atoms with Gasteiger partial charge in [0.2, 0.25) is 0 Å². The van der Waals surface area contributed by atoms with Gasteiger partial charge in [0.1, 0.15) is 12.4 Å². The third-order valence-electron chi connectivity index (χ3n) is 3.95. The van der Waals surface area contributed by atoms with Crippen LogP contribution in [0.4, 0.5) is 0 Å². The number of rotatable bonds is 9. The molecule has 0 spiro atoms. The number of methoxy groups -OCH3 is 2. The molecule has 0 heterocycles. The number of hydrogen-bond donors (Lipinski definition) is 0. The van der Waals surface area contributed by atoms with E-state index >= 15 is 0 Å². The quantitative estimate of drug-likeness (QED) is 0.495. The maximum atomic E-state index is 12.2. The zero-order chi connectivity index (χ0) is 19.8. The van der Waals surface area contributed by atoms with Gasteiger partial charge in [0.05, 0.1) is 27.2 Å². The van der Waals surface area contributed by atoms with Gasteiger partial charge < -0.3 is 18.9 Å². The largest absolute Gasteiger partial charge is 0.493 e. The highest BCUT2D eigenvalue weighted by Gasteiger charge is 2.13.